The Morgan fingerprint density at radius 2 is 1.86 bits per heavy atom. The van der Waals surface area contributed by atoms with Crippen molar-refractivity contribution in [2.45, 2.75) is 11.3 Å². The van der Waals surface area contributed by atoms with E-state index in [-0.39, 0.29) is 15.8 Å². The minimum atomic E-state index is -3.61. The number of benzene rings is 1. The summed E-state index contributed by atoms with van der Waals surface area (Å²) in [6, 6.07) is 6.41. The van der Waals surface area contributed by atoms with Crippen LogP contribution >= 0.6 is 11.6 Å². The van der Waals surface area contributed by atoms with Gasteiger partial charge >= 0.3 is 0 Å². The molecule has 8 heteroatoms. The van der Waals surface area contributed by atoms with Crippen LogP contribution in [-0.4, -0.2) is 63.3 Å². The van der Waals surface area contributed by atoms with E-state index in [0.717, 1.165) is 0 Å². The molecule has 0 bridgehead atoms. The van der Waals surface area contributed by atoms with Crippen LogP contribution in [0.5, 0.6) is 0 Å². The fraction of sp³-hybridized carbons (Fsp3) is 0.500. The van der Waals surface area contributed by atoms with Crippen molar-refractivity contribution in [3.8, 4) is 0 Å². The molecule has 0 aliphatic carbocycles. The van der Waals surface area contributed by atoms with Crippen molar-refractivity contribution in [3.63, 3.8) is 0 Å². The maximum atomic E-state index is 12.6. The van der Waals surface area contributed by atoms with Crippen LogP contribution in [0.3, 0.4) is 0 Å². The molecule has 22 heavy (non-hydrogen) atoms. The summed E-state index contributed by atoms with van der Waals surface area (Å²) in [6.07, 6.45) is 0.424. The summed E-state index contributed by atoms with van der Waals surface area (Å²) in [4.78, 5) is 13.8. The molecule has 1 fully saturated rings. The first-order valence-corrected chi connectivity index (χ1v) is 8.95. The van der Waals surface area contributed by atoms with Crippen LogP contribution in [0.25, 0.3) is 0 Å². The zero-order valence-corrected chi connectivity index (χ0v) is 14.0. The maximum absolute atomic E-state index is 12.6. The first-order chi connectivity index (χ1) is 10.5. The molecular formula is C14H20ClN3O3S. The van der Waals surface area contributed by atoms with Gasteiger partial charge in [-0.2, -0.15) is 4.31 Å². The van der Waals surface area contributed by atoms with Gasteiger partial charge in [-0.25, -0.2) is 8.42 Å². The number of rotatable bonds is 5. The van der Waals surface area contributed by atoms with E-state index in [2.05, 4.69) is 5.32 Å². The third kappa shape index (κ3) is 3.78. The molecule has 0 atom stereocenters. The van der Waals surface area contributed by atoms with Crippen LogP contribution in [0.4, 0.5) is 0 Å². The Labute approximate surface area is 136 Å². The summed E-state index contributed by atoms with van der Waals surface area (Å²) in [5.74, 6) is 0.0455. The molecule has 6 nitrogen and oxygen atoms in total. The van der Waals surface area contributed by atoms with Crippen LogP contribution in [0.15, 0.2) is 29.2 Å². The fourth-order valence-electron chi connectivity index (χ4n) is 2.36. The van der Waals surface area contributed by atoms with E-state index in [1.807, 2.05) is 0 Å². The zero-order valence-electron chi connectivity index (χ0n) is 12.5. The highest BCUT2D eigenvalue weighted by molar-refractivity contribution is 7.89. The predicted octanol–water partition coefficient (Wildman–Crippen LogP) is 0.782. The summed E-state index contributed by atoms with van der Waals surface area (Å²) in [5, 5.41) is 3.15. The van der Waals surface area contributed by atoms with Crippen molar-refractivity contribution >= 4 is 27.5 Å². The summed E-state index contributed by atoms with van der Waals surface area (Å²) >= 11 is 5.99. The standard InChI is InChI=1S/C14H20ClN3O3S/c1-16-7-6-14(19)17-8-10-18(11-9-17)22(20,21)13-5-3-2-4-12(13)15/h2-5,16H,6-11H2,1H3. The Balaban J connectivity index is 2.02. The molecule has 1 saturated heterocycles. The normalized spacial score (nSPS) is 16.7. The zero-order chi connectivity index (χ0) is 16.2. The van der Waals surface area contributed by atoms with Gasteiger partial charge in [-0.05, 0) is 19.2 Å². The van der Waals surface area contributed by atoms with Crippen LogP contribution in [0, 0.1) is 0 Å². The molecule has 1 aromatic carbocycles. The number of nitrogens with one attached hydrogen (secondary N) is 1. The average Bonchev–Trinajstić information content (AvgIpc) is 2.53. The van der Waals surface area contributed by atoms with Gasteiger partial charge in [-0.1, -0.05) is 23.7 Å². The van der Waals surface area contributed by atoms with E-state index in [1.165, 1.54) is 10.4 Å². The third-order valence-electron chi connectivity index (χ3n) is 3.63. The SMILES string of the molecule is CNCCC(=O)N1CCN(S(=O)(=O)c2ccccc2Cl)CC1. The highest BCUT2D eigenvalue weighted by atomic mass is 35.5. The van der Waals surface area contributed by atoms with E-state index in [4.69, 9.17) is 11.6 Å². The molecule has 1 amide bonds. The minimum Gasteiger partial charge on any atom is -0.340 e. The summed E-state index contributed by atoms with van der Waals surface area (Å²) in [5.41, 5.74) is 0. The number of sulfonamides is 1. The molecule has 0 unspecified atom stereocenters. The van der Waals surface area contributed by atoms with Crippen molar-refractivity contribution in [1.82, 2.24) is 14.5 Å². The van der Waals surface area contributed by atoms with Gasteiger partial charge in [0.15, 0.2) is 0 Å². The van der Waals surface area contributed by atoms with Crippen molar-refractivity contribution < 1.29 is 13.2 Å². The molecule has 1 aliphatic rings. The highest BCUT2D eigenvalue weighted by Crippen LogP contribution is 2.25. The Morgan fingerprint density at radius 3 is 2.45 bits per heavy atom. The second kappa shape index (κ2) is 7.41. The summed E-state index contributed by atoms with van der Waals surface area (Å²) in [7, 11) is -1.81. The second-order valence-corrected chi connectivity index (χ2v) is 7.38. The Kier molecular flexibility index (Phi) is 5.80. The Bertz CT molecular complexity index is 628. The van der Waals surface area contributed by atoms with Gasteiger partial charge in [0.2, 0.25) is 15.9 Å². The smallest absolute Gasteiger partial charge is 0.244 e. The number of hydrogen-bond acceptors (Lipinski definition) is 4. The van der Waals surface area contributed by atoms with E-state index < -0.39 is 10.0 Å². The first-order valence-electron chi connectivity index (χ1n) is 7.14. The van der Waals surface area contributed by atoms with Gasteiger partial charge in [0.25, 0.3) is 0 Å². The van der Waals surface area contributed by atoms with Gasteiger partial charge in [0.05, 0.1) is 5.02 Å². The molecular weight excluding hydrogens is 326 g/mol. The van der Waals surface area contributed by atoms with Crippen LogP contribution < -0.4 is 5.32 Å². The van der Waals surface area contributed by atoms with Crippen LogP contribution in [0.2, 0.25) is 5.02 Å². The highest BCUT2D eigenvalue weighted by Gasteiger charge is 2.31. The van der Waals surface area contributed by atoms with E-state index in [0.29, 0.717) is 39.1 Å². The van der Waals surface area contributed by atoms with E-state index in [1.54, 1.807) is 30.1 Å². The number of carbonyl (C=O) groups is 1. The average molecular weight is 346 g/mol. The molecule has 0 radical (unpaired) electrons. The Morgan fingerprint density at radius 1 is 1.23 bits per heavy atom. The molecule has 1 heterocycles. The number of nitrogens with zero attached hydrogens (tertiary/aromatic N) is 2. The molecule has 122 valence electrons. The lowest BCUT2D eigenvalue weighted by atomic mass is 10.3. The van der Waals surface area contributed by atoms with Gasteiger partial charge in [0.1, 0.15) is 4.90 Å². The fourth-order valence-corrected chi connectivity index (χ4v) is 4.28. The lowest BCUT2D eigenvalue weighted by molar-refractivity contribution is -0.132. The minimum absolute atomic E-state index is 0.0455. The van der Waals surface area contributed by atoms with Crippen molar-refractivity contribution in [3.05, 3.63) is 29.3 Å². The topological polar surface area (TPSA) is 69.7 Å². The predicted molar refractivity (Wildman–Crippen MR) is 85.3 cm³/mol. The van der Waals surface area contributed by atoms with Gasteiger partial charge in [-0.3, -0.25) is 4.79 Å². The number of piperazine rings is 1. The van der Waals surface area contributed by atoms with Gasteiger partial charge < -0.3 is 10.2 Å². The van der Waals surface area contributed by atoms with Crippen molar-refractivity contribution in [1.29, 1.82) is 0 Å². The van der Waals surface area contributed by atoms with Gasteiger partial charge in [-0.15, -0.1) is 0 Å². The molecule has 1 N–H and O–H groups in total. The molecule has 1 aliphatic heterocycles. The molecule has 0 aromatic heterocycles. The van der Waals surface area contributed by atoms with Crippen molar-refractivity contribution in [2.24, 2.45) is 0 Å². The van der Waals surface area contributed by atoms with E-state index >= 15 is 0 Å². The molecule has 1 aromatic rings. The van der Waals surface area contributed by atoms with Gasteiger partial charge in [0, 0.05) is 39.1 Å². The monoisotopic (exact) mass is 345 g/mol. The lowest BCUT2D eigenvalue weighted by Crippen LogP contribution is -2.50. The second-order valence-electron chi connectivity index (χ2n) is 5.07. The maximum Gasteiger partial charge on any atom is 0.244 e. The quantitative estimate of drug-likeness (QED) is 0.856. The first kappa shape index (κ1) is 17.2. The summed E-state index contributed by atoms with van der Waals surface area (Å²) < 4.78 is 26.6. The number of halogens is 1. The molecule has 0 spiro atoms. The van der Waals surface area contributed by atoms with E-state index in [9.17, 15) is 13.2 Å². The lowest BCUT2D eigenvalue weighted by Gasteiger charge is -2.34. The largest absolute Gasteiger partial charge is 0.340 e. The number of hydrogen-bond donors (Lipinski definition) is 1. The summed E-state index contributed by atoms with van der Waals surface area (Å²) in [6.45, 7) is 2.02. The molecule has 2 rings (SSSR count). The number of carbonyl (C=O) groups excluding carboxylic acids is 1. The molecule has 0 saturated carbocycles. The van der Waals surface area contributed by atoms with Crippen LogP contribution in [-0.2, 0) is 14.8 Å². The van der Waals surface area contributed by atoms with Crippen LogP contribution in [0.1, 0.15) is 6.42 Å². The third-order valence-corrected chi connectivity index (χ3v) is 6.03. The number of amides is 1. The Hall–Kier alpha value is -1.15. The van der Waals surface area contributed by atoms with Crippen molar-refractivity contribution in [2.75, 3.05) is 39.8 Å².